The summed E-state index contributed by atoms with van der Waals surface area (Å²) in [7, 11) is 0. The molecule has 0 saturated heterocycles. The summed E-state index contributed by atoms with van der Waals surface area (Å²) in [5.74, 6) is -0.585. The second-order valence-electron chi connectivity index (χ2n) is 23.5. The molecule has 4 unspecified atom stereocenters. The summed E-state index contributed by atoms with van der Waals surface area (Å²) in [5.41, 5.74) is 0. The standard InChI is InChI=1S/C67H133NO5/c1-3-5-7-9-11-13-15-17-19-21-23-24-25-26-27-28-29-30-31-32-33-34-35-36-37-38-39-40-41-43-45-47-49-51-53-55-57-59-61-65(71)67(73)68-63(62-69)66(72)64(70)60-58-56-54-52-50-48-46-44-42-22-20-18-16-14-12-10-8-6-4-2/h52,54,63-66,69-72H,3-51,53,55-62H2,1-2H3,(H,68,73)/b54-52+. The maximum absolute atomic E-state index is 12.6. The Bertz CT molecular complexity index is 1070. The van der Waals surface area contributed by atoms with Crippen LogP contribution in [0, 0.1) is 0 Å². The molecule has 0 aliphatic carbocycles. The van der Waals surface area contributed by atoms with Gasteiger partial charge in [-0.15, -0.1) is 0 Å². The molecule has 0 aliphatic heterocycles. The topological polar surface area (TPSA) is 110 Å². The lowest BCUT2D eigenvalue weighted by atomic mass is 10.00. The molecule has 0 rings (SSSR count). The van der Waals surface area contributed by atoms with Crippen LogP contribution in [0.4, 0.5) is 0 Å². The molecule has 0 fully saturated rings. The number of carbonyl (C=O) groups is 1. The van der Waals surface area contributed by atoms with E-state index in [-0.39, 0.29) is 0 Å². The lowest BCUT2D eigenvalue weighted by Crippen LogP contribution is -2.53. The summed E-state index contributed by atoms with van der Waals surface area (Å²) >= 11 is 0. The van der Waals surface area contributed by atoms with Crippen molar-refractivity contribution in [3.05, 3.63) is 12.2 Å². The number of hydrogen-bond acceptors (Lipinski definition) is 5. The van der Waals surface area contributed by atoms with Crippen LogP contribution in [0.3, 0.4) is 0 Å². The number of amides is 1. The summed E-state index contributed by atoms with van der Waals surface area (Å²) in [4.78, 5) is 12.6. The minimum absolute atomic E-state index is 0.369. The zero-order valence-electron chi connectivity index (χ0n) is 49.7. The largest absolute Gasteiger partial charge is 0.394 e. The van der Waals surface area contributed by atoms with Crippen molar-refractivity contribution in [3.63, 3.8) is 0 Å². The van der Waals surface area contributed by atoms with Crippen LogP contribution in [0.15, 0.2) is 12.2 Å². The normalized spacial score (nSPS) is 13.6. The van der Waals surface area contributed by atoms with E-state index in [2.05, 4.69) is 31.3 Å². The summed E-state index contributed by atoms with van der Waals surface area (Å²) in [6.07, 6.45) is 76.3. The van der Waals surface area contributed by atoms with Gasteiger partial charge in [0.2, 0.25) is 5.91 Å². The number of nitrogens with one attached hydrogen (secondary N) is 1. The lowest BCUT2D eigenvalue weighted by Gasteiger charge is -2.27. The fraction of sp³-hybridized carbons (Fsp3) is 0.955. The second-order valence-corrected chi connectivity index (χ2v) is 23.5. The van der Waals surface area contributed by atoms with Crippen molar-refractivity contribution < 1.29 is 25.2 Å². The first kappa shape index (κ1) is 72.0. The van der Waals surface area contributed by atoms with E-state index in [0.717, 1.165) is 38.5 Å². The first-order chi connectivity index (χ1) is 36.0. The van der Waals surface area contributed by atoms with Crippen molar-refractivity contribution >= 4 is 5.91 Å². The van der Waals surface area contributed by atoms with Gasteiger partial charge in [-0.1, -0.05) is 353 Å². The molecule has 6 heteroatoms. The van der Waals surface area contributed by atoms with E-state index in [0.29, 0.717) is 12.8 Å². The van der Waals surface area contributed by atoms with E-state index in [1.165, 1.54) is 315 Å². The van der Waals surface area contributed by atoms with E-state index in [9.17, 15) is 25.2 Å². The predicted octanol–water partition coefficient (Wildman–Crippen LogP) is 20.4. The Hall–Kier alpha value is -0.950. The van der Waals surface area contributed by atoms with Crippen LogP contribution in [0.5, 0.6) is 0 Å². The van der Waals surface area contributed by atoms with Gasteiger partial charge in [0.25, 0.3) is 0 Å². The minimum atomic E-state index is -1.28. The minimum Gasteiger partial charge on any atom is -0.394 e. The molecule has 6 nitrogen and oxygen atoms in total. The third-order valence-electron chi connectivity index (χ3n) is 16.2. The van der Waals surface area contributed by atoms with Crippen molar-refractivity contribution in [1.82, 2.24) is 5.32 Å². The molecular formula is C67H133NO5. The zero-order chi connectivity index (χ0) is 53.0. The van der Waals surface area contributed by atoms with E-state index in [4.69, 9.17) is 0 Å². The number of carbonyl (C=O) groups excluding carboxylic acids is 1. The van der Waals surface area contributed by atoms with E-state index in [1.807, 2.05) is 0 Å². The van der Waals surface area contributed by atoms with E-state index in [1.54, 1.807) is 0 Å². The van der Waals surface area contributed by atoms with Gasteiger partial charge in [-0.05, 0) is 38.5 Å². The average molecular weight is 1030 g/mol. The Kier molecular flexibility index (Phi) is 61.1. The van der Waals surface area contributed by atoms with Gasteiger partial charge >= 0.3 is 0 Å². The number of unbranched alkanes of at least 4 members (excludes halogenated alkanes) is 52. The highest BCUT2D eigenvalue weighted by molar-refractivity contribution is 5.80. The highest BCUT2D eigenvalue weighted by Crippen LogP contribution is 2.19. The Balaban J connectivity index is 3.49. The molecule has 0 aromatic rings. The van der Waals surface area contributed by atoms with Crippen LogP contribution < -0.4 is 5.32 Å². The Labute approximate surface area is 457 Å². The number of hydrogen-bond donors (Lipinski definition) is 5. The quantitative estimate of drug-likeness (QED) is 0.0308. The third kappa shape index (κ3) is 55.6. The first-order valence-electron chi connectivity index (χ1n) is 33.6. The van der Waals surface area contributed by atoms with Gasteiger partial charge in [-0.25, -0.2) is 0 Å². The summed E-state index contributed by atoms with van der Waals surface area (Å²) in [5, 5.41) is 44.1. The Morgan fingerprint density at radius 3 is 0.822 bits per heavy atom. The summed E-state index contributed by atoms with van der Waals surface area (Å²) in [6, 6.07) is -0.999. The number of rotatable bonds is 63. The molecule has 73 heavy (non-hydrogen) atoms. The molecule has 436 valence electrons. The number of aliphatic hydroxyl groups excluding tert-OH is 4. The van der Waals surface area contributed by atoms with Gasteiger partial charge in [0, 0.05) is 0 Å². The van der Waals surface area contributed by atoms with E-state index >= 15 is 0 Å². The third-order valence-corrected chi connectivity index (χ3v) is 16.2. The Morgan fingerprint density at radius 2 is 0.562 bits per heavy atom. The number of allylic oxidation sites excluding steroid dienone is 2. The molecule has 0 saturated carbocycles. The van der Waals surface area contributed by atoms with Crippen LogP contribution >= 0.6 is 0 Å². The number of aliphatic hydroxyl groups is 4. The highest BCUT2D eigenvalue weighted by Gasteiger charge is 2.28. The van der Waals surface area contributed by atoms with Crippen LogP contribution in [0.2, 0.25) is 0 Å². The predicted molar refractivity (Wildman–Crippen MR) is 321 cm³/mol. The van der Waals surface area contributed by atoms with Crippen LogP contribution in [-0.4, -0.2) is 57.3 Å². The fourth-order valence-corrected chi connectivity index (χ4v) is 11.0. The summed E-state index contributed by atoms with van der Waals surface area (Å²) < 4.78 is 0. The maximum atomic E-state index is 12.6. The highest BCUT2D eigenvalue weighted by atomic mass is 16.3. The van der Waals surface area contributed by atoms with Crippen molar-refractivity contribution in [3.8, 4) is 0 Å². The SMILES string of the molecule is CCCCCCCCCCCCCCCC/C=C/CCCC(O)C(O)C(CO)NC(=O)C(O)CCCCCCCCCCCCCCCCCCCCCCCCCCCCCCCCCCCCCCCC. The molecule has 0 bridgehead atoms. The van der Waals surface area contributed by atoms with Gasteiger partial charge < -0.3 is 25.7 Å². The molecule has 0 spiro atoms. The van der Waals surface area contributed by atoms with Crippen molar-refractivity contribution in [1.29, 1.82) is 0 Å². The molecule has 5 N–H and O–H groups in total. The van der Waals surface area contributed by atoms with Crippen LogP contribution in [0.1, 0.15) is 380 Å². The van der Waals surface area contributed by atoms with Crippen molar-refractivity contribution in [2.45, 2.75) is 404 Å². The van der Waals surface area contributed by atoms with Crippen molar-refractivity contribution in [2.75, 3.05) is 6.61 Å². The molecule has 1 amide bonds. The second kappa shape index (κ2) is 61.9. The first-order valence-corrected chi connectivity index (χ1v) is 33.6. The lowest BCUT2D eigenvalue weighted by molar-refractivity contribution is -0.132. The molecular weight excluding hydrogens is 899 g/mol. The van der Waals surface area contributed by atoms with Gasteiger partial charge in [-0.3, -0.25) is 4.79 Å². The van der Waals surface area contributed by atoms with Crippen LogP contribution in [0.25, 0.3) is 0 Å². The van der Waals surface area contributed by atoms with Crippen LogP contribution in [-0.2, 0) is 4.79 Å². The smallest absolute Gasteiger partial charge is 0.249 e. The summed E-state index contributed by atoms with van der Waals surface area (Å²) in [6.45, 7) is 4.09. The Morgan fingerprint density at radius 1 is 0.329 bits per heavy atom. The van der Waals surface area contributed by atoms with Gasteiger partial charge in [0.05, 0.1) is 18.8 Å². The fourth-order valence-electron chi connectivity index (χ4n) is 11.0. The maximum Gasteiger partial charge on any atom is 0.249 e. The molecule has 4 atom stereocenters. The molecule has 0 aromatic carbocycles. The zero-order valence-corrected chi connectivity index (χ0v) is 49.7. The average Bonchev–Trinajstić information content (AvgIpc) is 3.40. The molecule has 0 radical (unpaired) electrons. The van der Waals surface area contributed by atoms with Crippen molar-refractivity contribution in [2.24, 2.45) is 0 Å². The molecule has 0 aliphatic rings. The molecule has 0 heterocycles. The van der Waals surface area contributed by atoms with E-state index < -0.39 is 36.9 Å². The van der Waals surface area contributed by atoms with Gasteiger partial charge in [0.1, 0.15) is 12.2 Å². The van der Waals surface area contributed by atoms with Gasteiger partial charge in [0.15, 0.2) is 0 Å². The monoisotopic (exact) mass is 1030 g/mol. The molecule has 0 aromatic heterocycles. The van der Waals surface area contributed by atoms with Gasteiger partial charge in [-0.2, -0.15) is 0 Å².